The number of nitriles is 1. The van der Waals surface area contributed by atoms with Crippen molar-refractivity contribution in [3.63, 3.8) is 0 Å². The Hall–Kier alpha value is -5.09. The molecule has 7 nitrogen and oxygen atoms in total. The second-order valence-electron chi connectivity index (χ2n) is 7.60. The lowest BCUT2D eigenvalue weighted by Crippen LogP contribution is -2.02. The average molecular weight is 446 g/mol. The average Bonchev–Trinajstić information content (AvgIpc) is 3.32. The number of pyridine rings is 1. The molecule has 0 radical (unpaired) electrons. The number of H-pyrrole nitrogens is 1. The first kappa shape index (κ1) is 20.8. The van der Waals surface area contributed by atoms with Crippen LogP contribution >= 0.6 is 0 Å². The molecule has 0 aliphatic rings. The highest BCUT2D eigenvalue weighted by Gasteiger charge is 2.13. The minimum absolute atomic E-state index is 0.254. The van der Waals surface area contributed by atoms with Crippen LogP contribution in [0.15, 0.2) is 91.4 Å². The maximum Gasteiger partial charge on any atom is 0.511 e. The van der Waals surface area contributed by atoms with Crippen LogP contribution in [0.5, 0.6) is 5.75 Å². The molecule has 0 amide bonds. The molecule has 0 fully saturated rings. The lowest BCUT2D eigenvalue weighted by Gasteiger charge is -2.15. The molecular weight excluding hydrogens is 428 g/mol. The van der Waals surface area contributed by atoms with Gasteiger partial charge in [-0.2, -0.15) is 5.26 Å². The largest absolute Gasteiger partial charge is 0.511 e. The number of rotatable bonds is 5. The lowest BCUT2D eigenvalue weighted by atomic mass is 9.98. The summed E-state index contributed by atoms with van der Waals surface area (Å²) in [5.74, 6) is 0.254. The Kier molecular flexibility index (Phi) is 5.38. The summed E-state index contributed by atoms with van der Waals surface area (Å²) in [7, 11) is 0. The van der Waals surface area contributed by atoms with Crippen molar-refractivity contribution >= 4 is 28.4 Å². The first-order valence-electron chi connectivity index (χ1n) is 10.4. The van der Waals surface area contributed by atoms with Gasteiger partial charge in [-0.1, -0.05) is 30.3 Å². The highest BCUT2D eigenvalue weighted by atomic mass is 16.7. The number of anilines is 2. The van der Waals surface area contributed by atoms with E-state index in [1.807, 2.05) is 54.7 Å². The highest BCUT2D eigenvalue weighted by molar-refractivity contribution is 5.89. The normalized spacial score (nSPS) is 10.6. The fourth-order valence-electron chi connectivity index (χ4n) is 3.86. The third-order valence-electron chi connectivity index (χ3n) is 5.46. The molecule has 164 valence electrons. The number of fused-ring (bicyclic) bond motifs is 1. The van der Waals surface area contributed by atoms with Crippen LogP contribution in [0.1, 0.15) is 5.56 Å². The van der Waals surface area contributed by atoms with Gasteiger partial charge in [0, 0.05) is 40.7 Å². The molecule has 0 spiro atoms. The standard InChI is InChI=1S/C27H18N4O3/c28-14-21-15-29-16-24(26(21)31-22-6-9-25-20(13-22)10-11-30-25)19-3-1-2-18(12-19)17-4-7-23(8-5-17)34-27(32)33/h1-13,15-16,30H,(H,29,31)(H,32,33). The summed E-state index contributed by atoms with van der Waals surface area (Å²) in [6.45, 7) is 0. The number of carbonyl (C=O) groups is 1. The number of aromatic nitrogens is 2. The van der Waals surface area contributed by atoms with E-state index in [9.17, 15) is 10.1 Å². The molecule has 0 aliphatic heterocycles. The van der Waals surface area contributed by atoms with E-state index in [-0.39, 0.29) is 5.75 Å². The fraction of sp³-hybridized carbons (Fsp3) is 0. The van der Waals surface area contributed by atoms with Crippen LogP contribution in [0.25, 0.3) is 33.2 Å². The van der Waals surface area contributed by atoms with Gasteiger partial charge in [0.1, 0.15) is 11.8 Å². The molecule has 34 heavy (non-hydrogen) atoms. The molecule has 0 unspecified atom stereocenters. The number of hydrogen-bond donors (Lipinski definition) is 3. The summed E-state index contributed by atoms with van der Waals surface area (Å²) in [6.07, 6.45) is 3.82. The maximum atomic E-state index is 10.7. The van der Waals surface area contributed by atoms with Crippen molar-refractivity contribution in [2.24, 2.45) is 0 Å². The number of nitrogens with zero attached hydrogens (tertiary/aromatic N) is 2. The van der Waals surface area contributed by atoms with E-state index in [4.69, 9.17) is 5.11 Å². The van der Waals surface area contributed by atoms with Crippen LogP contribution in [0, 0.1) is 11.3 Å². The molecule has 0 saturated carbocycles. The predicted molar refractivity (Wildman–Crippen MR) is 130 cm³/mol. The second-order valence-corrected chi connectivity index (χ2v) is 7.60. The smallest absolute Gasteiger partial charge is 0.449 e. The monoisotopic (exact) mass is 446 g/mol. The van der Waals surface area contributed by atoms with E-state index in [2.05, 4.69) is 26.1 Å². The Morgan fingerprint density at radius 1 is 0.971 bits per heavy atom. The van der Waals surface area contributed by atoms with Gasteiger partial charge in [0.2, 0.25) is 0 Å². The zero-order chi connectivity index (χ0) is 23.5. The highest BCUT2D eigenvalue weighted by Crippen LogP contribution is 2.35. The predicted octanol–water partition coefficient (Wildman–Crippen LogP) is 6.57. The second kappa shape index (κ2) is 8.81. The summed E-state index contributed by atoms with van der Waals surface area (Å²) >= 11 is 0. The third-order valence-corrected chi connectivity index (χ3v) is 5.46. The van der Waals surface area contributed by atoms with Gasteiger partial charge in [-0.05, 0) is 59.2 Å². The zero-order valence-electron chi connectivity index (χ0n) is 17.8. The van der Waals surface area contributed by atoms with Gasteiger partial charge in [0.15, 0.2) is 0 Å². The van der Waals surface area contributed by atoms with E-state index < -0.39 is 6.16 Å². The van der Waals surface area contributed by atoms with Crippen molar-refractivity contribution < 1.29 is 14.6 Å². The van der Waals surface area contributed by atoms with Gasteiger partial charge < -0.3 is 20.1 Å². The number of nitrogens with one attached hydrogen (secondary N) is 2. The number of hydrogen-bond acceptors (Lipinski definition) is 5. The third kappa shape index (κ3) is 4.16. The zero-order valence-corrected chi connectivity index (χ0v) is 17.8. The molecule has 0 saturated heterocycles. The van der Waals surface area contributed by atoms with Crippen molar-refractivity contribution in [3.8, 4) is 34.1 Å². The SMILES string of the molecule is N#Cc1cncc(-c2cccc(-c3ccc(OC(=O)O)cc3)c2)c1Nc1ccc2[nH]ccc2c1. The molecule has 0 bridgehead atoms. The minimum atomic E-state index is -1.35. The first-order valence-corrected chi connectivity index (χ1v) is 10.4. The number of ether oxygens (including phenoxy) is 1. The molecule has 0 atom stereocenters. The van der Waals surface area contributed by atoms with E-state index in [1.54, 1.807) is 36.7 Å². The Morgan fingerprint density at radius 2 is 1.79 bits per heavy atom. The van der Waals surface area contributed by atoms with E-state index >= 15 is 0 Å². The van der Waals surface area contributed by atoms with Gasteiger partial charge in [0.05, 0.1) is 11.3 Å². The maximum absolute atomic E-state index is 10.7. The molecule has 2 aromatic heterocycles. The van der Waals surface area contributed by atoms with Crippen LogP contribution in [0.2, 0.25) is 0 Å². The van der Waals surface area contributed by atoms with Crippen LogP contribution in [0.4, 0.5) is 16.2 Å². The number of benzene rings is 3. The summed E-state index contributed by atoms with van der Waals surface area (Å²) in [5.41, 5.74) is 6.52. The van der Waals surface area contributed by atoms with Crippen molar-refractivity contribution in [1.29, 1.82) is 5.26 Å². The van der Waals surface area contributed by atoms with Crippen LogP contribution < -0.4 is 10.1 Å². The van der Waals surface area contributed by atoms with Gasteiger partial charge in [-0.3, -0.25) is 4.98 Å². The Bertz CT molecular complexity index is 1550. The quantitative estimate of drug-likeness (QED) is 0.208. The van der Waals surface area contributed by atoms with Crippen molar-refractivity contribution in [3.05, 3.63) is 97.0 Å². The van der Waals surface area contributed by atoms with Gasteiger partial charge >= 0.3 is 6.16 Å². The lowest BCUT2D eigenvalue weighted by molar-refractivity contribution is 0.144. The number of carboxylic acid groups (broad SMARTS) is 1. The molecule has 3 N–H and O–H groups in total. The topological polar surface area (TPSA) is 111 Å². The molecule has 5 aromatic rings. The van der Waals surface area contributed by atoms with Crippen LogP contribution in [-0.2, 0) is 0 Å². The van der Waals surface area contributed by atoms with Crippen molar-refractivity contribution in [2.45, 2.75) is 0 Å². The van der Waals surface area contributed by atoms with Crippen molar-refractivity contribution in [2.75, 3.05) is 5.32 Å². The summed E-state index contributed by atoms with van der Waals surface area (Å²) in [6, 6.07) is 24.9. The summed E-state index contributed by atoms with van der Waals surface area (Å²) in [5, 5.41) is 23.0. The Balaban J connectivity index is 1.53. The summed E-state index contributed by atoms with van der Waals surface area (Å²) in [4.78, 5) is 18.2. The Morgan fingerprint density at radius 3 is 2.59 bits per heavy atom. The molecule has 5 rings (SSSR count). The molecular formula is C27H18N4O3. The van der Waals surface area contributed by atoms with Gasteiger partial charge in [-0.25, -0.2) is 4.79 Å². The number of aromatic amines is 1. The van der Waals surface area contributed by atoms with E-state index in [0.717, 1.165) is 38.8 Å². The van der Waals surface area contributed by atoms with Crippen LogP contribution in [-0.4, -0.2) is 21.2 Å². The molecule has 0 aliphatic carbocycles. The van der Waals surface area contributed by atoms with E-state index in [0.29, 0.717) is 11.3 Å². The van der Waals surface area contributed by atoms with Gasteiger partial charge in [0.25, 0.3) is 0 Å². The van der Waals surface area contributed by atoms with Crippen LogP contribution in [0.3, 0.4) is 0 Å². The Labute approximate surface area is 194 Å². The molecule has 3 aromatic carbocycles. The van der Waals surface area contributed by atoms with Gasteiger partial charge in [-0.15, -0.1) is 0 Å². The fourth-order valence-corrected chi connectivity index (χ4v) is 3.86. The first-order chi connectivity index (χ1) is 16.6. The van der Waals surface area contributed by atoms with Crippen molar-refractivity contribution in [1.82, 2.24) is 9.97 Å². The summed E-state index contributed by atoms with van der Waals surface area (Å²) < 4.78 is 4.69. The molecule has 2 heterocycles. The molecule has 7 heteroatoms. The van der Waals surface area contributed by atoms with E-state index in [1.165, 1.54) is 0 Å². The minimum Gasteiger partial charge on any atom is -0.449 e.